The number of Topliss-reactive ketones (excluding diaryl/α,β-unsaturated/α-hetero) is 2. The molecule has 11 rings (SSSR count). The van der Waals surface area contributed by atoms with Crippen LogP contribution >= 0.6 is 0 Å². The van der Waals surface area contributed by atoms with Crippen molar-refractivity contribution in [1.82, 2.24) is 9.80 Å². The van der Waals surface area contributed by atoms with E-state index in [0.29, 0.717) is 17.3 Å². The Bertz CT molecular complexity index is 2470. The molecule has 4 aliphatic heterocycles. The number of hydrogen-bond donors (Lipinski definition) is 3. The van der Waals surface area contributed by atoms with Gasteiger partial charge in [-0.1, -0.05) is 42.5 Å². The number of benzene rings is 5. The Balaban J connectivity index is 1.40. The number of rotatable bonds is 0. The van der Waals surface area contributed by atoms with Crippen LogP contribution in [0.25, 0.3) is 44.7 Å². The highest BCUT2D eigenvalue weighted by atomic mass is 16.1. The molecule has 1 atom stereocenters. The Hall–Kier alpha value is -5.46. The topological polar surface area (TPSA) is 70.2 Å². The monoisotopic (exact) mass is 541 g/mol. The summed E-state index contributed by atoms with van der Waals surface area (Å²) >= 11 is 0. The van der Waals surface area contributed by atoms with Crippen LogP contribution in [-0.2, 0) is 0 Å². The van der Waals surface area contributed by atoms with E-state index in [1.807, 2.05) is 18.5 Å². The molecule has 6 aliphatic rings. The molecule has 5 aromatic rings. The van der Waals surface area contributed by atoms with Gasteiger partial charge in [0.15, 0.2) is 22.9 Å². The Kier molecular flexibility index (Phi) is 3.40. The van der Waals surface area contributed by atoms with E-state index in [1.165, 1.54) is 0 Å². The number of para-hydroxylation sites is 4. The van der Waals surface area contributed by atoms with Crippen LogP contribution in [0.3, 0.4) is 0 Å². The second-order valence-electron chi connectivity index (χ2n) is 11.9. The van der Waals surface area contributed by atoms with Gasteiger partial charge in [-0.2, -0.15) is 4.48 Å². The molecule has 3 N–H and O–H groups in total. The summed E-state index contributed by atoms with van der Waals surface area (Å²) in [7, 11) is 0. The summed E-state index contributed by atoms with van der Waals surface area (Å²) in [4.78, 5) is 28.3. The zero-order valence-electron chi connectivity index (χ0n) is 22.3. The average molecular weight is 542 g/mol. The maximum absolute atomic E-state index is 14.4. The summed E-state index contributed by atoms with van der Waals surface area (Å²) in [5.41, 5.74) is 10.0. The van der Waals surface area contributed by atoms with E-state index in [9.17, 15) is 9.59 Å². The van der Waals surface area contributed by atoms with E-state index in [4.69, 9.17) is 0 Å². The van der Waals surface area contributed by atoms with E-state index in [0.717, 1.165) is 99.8 Å². The van der Waals surface area contributed by atoms with Crippen LogP contribution in [0.5, 0.6) is 0 Å². The first kappa shape index (κ1) is 21.3. The molecule has 6 heteroatoms. The molecule has 5 aromatic carbocycles. The SMILES string of the molecule is O=C1CC2=CNC=c3ccc4c5c6c7c(ccc6c1c4c32)=C1Nc2ccccc2[N+]12C(=C7CC5=O)Nc1ccccc12. The molecule has 6 nitrogen and oxygen atoms in total. The Morgan fingerprint density at radius 3 is 2.00 bits per heavy atom. The zero-order chi connectivity index (χ0) is 27.5. The number of nitrogens with one attached hydrogen (secondary N) is 3. The number of anilines is 2. The largest absolute Gasteiger partial charge is 0.367 e. The summed E-state index contributed by atoms with van der Waals surface area (Å²) in [5, 5.41) is 16.5. The lowest BCUT2D eigenvalue weighted by atomic mass is 9.73. The number of nitrogens with zero attached hydrogens (tertiary/aromatic N) is 1. The third-order valence-corrected chi connectivity index (χ3v) is 10.1. The van der Waals surface area contributed by atoms with Crippen LogP contribution in [0.2, 0.25) is 0 Å². The molecule has 1 spiro atoms. The number of carbonyl (C=O) groups is 2. The summed E-state index contributed by atoms with van der Waals surface area (Å²) in [5.74, 6) is 2.25. The van der Waals surface area contributed by atoms with E-state index >= 15 is 0 Å². The van der Waals surface area contributed by atoms with E-state index in [2.05, 4.69) is 82.7 Å². The van der Waals surface area contributed by atoms with Crippen molar-refractivity contribution >= 4 is 79.0 Å². The van der Waals surface area contributed by atoms with Crippen LogP contribution in [0.4, 0.5) is 22.7 Å². The molecule has 2 aliphatic carbocycles. The highest BCUT2D eigenvalue weighted by Gasteiger charge is 2.59. The molecule has 0 aromatic heterocycles. The molecule has 1 unspecified atom stereocenters. The molecular formula is C36H21N4O2+. The fourth-order valence-electron chi connectivity index (χ4n) is 8.64. The van der Waals surface area contributed by atoms with Crippen LogP contribution in [0, 0.1) is 0 Å². The minimum atomic E-state index is 0.0971. The average Bonchev–Trinajstić information content (AvgIpc) is 3.55. The fourth-order valence-corrected chi connectivity index (χ4v) is 8.64. The number of carbonyl (C=O) groups excluding carboxylic acids is 2. The second-order valence-corrected chi connectivity index (χ2v) is 11.9. The van der Waals surface area contributed by atoms with Gasteiger partial charge in [0.25, 0.3) is 0 Å². The minimum absolute atomic E-state index is 0.0971. The smallest absolute Gasteiger partial charge is 0.230 e. The predicted octanol–water partition coefficient (Wildman–Crippen LogP) is 5.79. The van der Waals surface area contributed by atoms with Gasteiger partial charge in [-0.25, -0.2) is 0 Å². The quantitative estimate of drug-likeness (QED) is 0.171. The Morgan fingerprint density at radius 1 is 0.595 bits per heavy atom. The summed E-state index contributed by atoms with van der Waals surface area (Å²) in [6.45, 7) is 0. The summed E-state index contributed by atoms with van der Waals surface area (Å²) in [6, 6.07) is 25.3. The fraction of sp³-hybridized carbons (Fsp3) is 0.0556. The first-order valence-electron chi connectivity index (χ1n) is 14.3. The normalized spacial score (nSPS) is 21.1. The highest BCUT2D eigenvalue weighted by Crippen LogP contribution is 2.62. The highest BCUT2D eigenvalue weighted by molar-refractivity contribution is 6.35. The second kappa shape index (κ2) is 6.70. The van der Waals surface area contributed by atoms with Crippen LogP contribution in [-0.4, -0.2) is 11.6 Å². The number of ketones is 2. The first-order chi connectivity index (χ1) is 20.7. The lowest BCUT2D eigenvalue weighted by Gasteiger charge is -2.36. The van der Waals surface area contributed by atoms with Gasteiger partial charge in [0, 0.05) is 70.4 Å². The molecule has 0 bridgehead atoms. The third-order valence-electron chi connectivity index (χ3n) is 10.1. The molecular weight excluding hydrogens is 520 g/mol. The van der Waals surface area contributed by atoms with Gasteiger partial charge < -0.3 is 16.0 Å². The lowest BCUT2D eigenvalue weighted by Crippen LogP contribution is -2.46. The molecule has 0 radical (unpaired) electrons. The van der Waals surface area contributed by atoms with Crippen molar-refractivity contribution in [3.05, 3.63) is 118 Å². The van der Waals surface area contributed by atoms with Crippen LogP contribution in [0.1, 0.15) is 44.7 Å². The molecule has 42 heavy (non-hydrogen) atoms. The Morgan fingerprint density at radius 2 is 1.24 bits per heavy atom. The van der Waals surface area contributed by atoms with Crippen molar-refractivity contribution in [3.63, 3.8) is 0 Å². The van der Waals surface area contributed by atoms with Crippen LogP contribution < -0.4 is 30.9 Å². The summed E-state index contributed by atoms with van der Waals surface area (Å²) in [6.07, 6.45) is 4.54. The van der Waals surface area contributed by atoms with E-state index < -0.39 is 0 Å². The van der Waals surface area contributed by atoms with Crippen LogP contribution in [0.15, 0.2) is 84.8 Å². The van der Waals surface area contributed by atoms with Gasteiger partial charge in [-0.05, 0) is 45.3 Å². The minimum Gasteiger partial charge on any atom is -0.367 e. The van der Waals surface area contributed by atoms with E-state index in [1.54, 1.807) is 0 Å². The van der Waals surface area contributed by atoms with Gasteiger partial charge in [-0.15, -0.1) is 0 Å². The van der Waals surface area contributed by atoms with Crippen molar-refractivity contribution in [2.45, 2.75) is 12.8 Å². The first-order valence-corrected chi connectivity index (χ1v) is 14.3. The zero-order valence-corrected chi connectivity index (χ0v) is 22.3. The van der Waals surface area contributed by atoms with Gasteiger partial charge in [0.05, 0.1) is 5.22 Å². The molecule has 0 saturated heterocycles. The molecule has 0 amide bonds. The maximum Gasteiger partial charge on any atom is 0.230 e. The molecule has 0 saturated carbocycles. The lowest BCUT2D eigenvalue weighted by molar-refractivity contribution is 0.0989. The van der Waals surface area contributed by atoms with Gasteiger partial charge in [-0.3, -0.25) is 9.59 Å². The summed E-state index contributed by atoms with van der Waals surface area (Å²) < 4.78 is 0.409. The van der Waals surface area contributed by atoms with Crippen molar-refractivity contribution in [2.24, 2.45) is 0 Å². The standard InChI is InChI=1S/C36H20N4O2/c41-27-13-18-16-37-15-17-9-10-19-32-28(42)14-22-30-21(12-11-20(34(30)32)31(27)33(19)29(17)18)35-38-23-5-1-3-7-25(23)40(35)26-8-4-2-6-24(26)39-36(22)40/h1-12,15-16H,13-14H2,(H2-,37,38,39,41,42)/p+1. The van der Waals surface area contributed by atoms with E-state index in [-0.39, 0.29) is 11.6 Å². The van der Waals surface area contributed by atoms with Crippen molar-refractivity contribution in [2.75, 3.05) is 10.6 Å². The van der Waals surface area contributed by atoms with Gasteiger partial charge in [0.1, 0.15) is 11.4 Å². The Labute approximate surface area is 239 Å². The van der Waals surface area contributed by atoms with Crippen molar-refractivity contribution < 1.29 is 9.59 Å². The van der Waals surface area contributed by atoms with Crippen molar-refractivity contribution in [1.29, 1.82) is 0 Å². The predicted molar refractivity (Wildman–Crippen MR) is 166 cm³/mol. The molecule has 4 heterocycles. The number of quaternary nitrogens is 1. The van der Waals surface area contributed by atoms with Crippen molar-refractivity contribution in [3.8, 4) is 0 Å². The van der Waals surface area contributed by atoms with Gasteiger partial charge >= 0.3 is 0 Å². The maximum atomic E-state index is 14.4. The number of allylic oxidation sites excluding steroid dienone is 2. The third kappa shape index (κ3) is 2.08. The molecule has 0 fully saturated rings. The van der Waals surface area contributed by atoms with Gasteiger partial charge in [0.2, 0.25) is 11.6 Å². The number of hydrogen-bond acceptors (Lipinski definition) is 5. The molecule has 196 valence electrons. The number of fused-ring (bicyclic) bond motifs is 4.